The van der Waals surface area contributed by atoms with E-state index < -0.39 is 0 Å². The first-order valence-corrected chi connectivity index (χ1v) is 10.4. The van der Waals surface area contributed by atoms with Gasteiger partial charge in [-0.05, 0) is 25.7 Å². The molecule has 0 spiro atoms. The largest absolute Gasteiger partial charge is 0.431 e. The lowest BCUT2D eigenvalue weighted by atomic mass is 10.0. The third-order valence-electron chi connectivity index (χ3n) is 4.76. The Bertz CT molecular complexity index is 908. The molecule has 142 valence electrons. The highest BCUT2D eigenvalue weighted by Gasteiger charge is 2.24. The van der Waals surface area contributed by atoms with Crippen LogP contribution in [0.1, 0.15) is 25.7 Å². The van der Waals surface area contributed by atoms with E-state index in [1.54, 1.807) is 11.8 Å². The summed E-state index contributed by atoms with van der Waals surface area (Å²) in [5, 5.41) is 13.7. The zero-order chi connectivity index (χ0) is 19.2. The van der Waals surface area contributed by atoms with Crippen LogP contribution in [-0.2, 0) is 0 Å². The van der Waals surface area contributed by atoms with Crippen LogP contribution in [0.25, 0.3) is 22.6 Å². The van der Waals surface area contributed by atoms with Crippen molar-refractivity contribution in [3.8, 4) is 22.6 Å². The summed E-state index contributed by atoms with van der Waals surface area (Å²) in [7, 11) is 0. The van der Waals surface area contributed by atoms with E-state index in [9.17, 15) is 5.21 Å². The molecule has 0 radical (unpaired) electrons. The molecule has 2 aromatic carbocycles. The SMILES string of the molecule is O/N=C1/CC/C=C\CCC1Sc1nc(-c2ccccc2)c(-c2ccccc2)o1. The molecule has 5 heteroatoms. The Labute approximate surface area is 169 Å². The molecule has 0 saturated heterocycles. The minimum absolute atomic E-state index is 0.0563. The Balaban J connectivity index is 1.70. The number of benzene rings is 2. The van der Waals surface area contributed by atoms with Crippen molar-refractivity contribution in [1.29, 1.82) is 0 Å². The van der Waals surface area contributed by atoms with E-state index in [0.717, 1.165) is 54.0 Å². The van der Waals surface area contributed by atoms with Crippen LogP contribution in [0.2, 0.25) is 0 Å². The monoisotopic (exact) mass is 390 g/mol. The van der Waals surface area contributed by atoms with Gasteiger partial charge in [0.15, 0.2) is 5.76 Å². The molecule has 1 N–H and O–H groups in total. The summed E-state index contributed by atoms with van der Waals surface area (Å²) in [6.45, 7) is 0. The lowest BCUT2D eigenvalue weighted by Crippen LogP contribution is -2.18. The van der Waals surface area contributed by atoms with Crippen LogP contribution < -0.4 is 0 Å². The second kappa shape index (κ2) is 8.93. The van der Waals surface area contributed by atoms with Gasteiger partial charge in [0.25, 0.3) is 5.22 Å². The van der Waals surface area contributed by atoms with Crippen molar-refractivity contribution in [3.63, 3.8) is 0 Å². The molecule has 0 aliphatic heterocycles. The fourth-order valence-corrected chi connectivity index (χ4v) is 4.41. The summed E-state index contributed by atoms with van der Waals surface area (Å²) in [6.07, 6.45) is 7.84. The predicted octanol–water partition coefficient (Wildman–Crippen LogP) is 6.43. The first kappa shape index (κ1) is 18.6. The van der Waals surface area contributed by atoms with Gasteiger partial charge >= 0.3 is 0 Å². The zero-order valence-corrected chi connectivity index (χ0v) is 16.3. The minimum Gasteiger partial charge on any atom is -0.431 e. The van der Waals surface area contributed by atoms with Crippen LogP contribution in [0.3, 0.4) is 0 Å². The Hall–Kier alpha value is -2.79. The average molecular weight is 391 g/mol. The van der Waals surface area contributed by atoms with Gasteiger partial charge in [-0.25, -0.2) is 4.98 Å². The maximum atomic E-state index is 9.47. The molecule has 0 fully saturated rings. The second-order valence-corrected chi connectivity index (χ2v) is 7.83. The number of oxazole rings is 1. The molecule has 1 atom stereocenters. The van der Waals surface area contributed by atoms with E-state index in [1.807, 2.05) is 60.7 Å². The molecule has 1 unspecified atom stereocenters. The Morgan fingerprint density at radius 3 is 2.32 bits per heavy atom. The number of oxime groups is 1. The maximum Gasteiger partial charge on any atom is 0.257 e. The molecular formula is C23H22N2O2S. The van der Waals surface area contributed by atoms with Crippen LogP contribution >= 0.6 is 11.8 Å². The van der Waals surface area contributed by atoms with Gasteiger partial charge in [0.1, 0.15) is 5.69 Å². The summed E-state index contributed by atoms with van der Waals surface area (Å²) in [6, 6.07) is 20.1. The molecule has 1 aliphatic carbocycles. The van der Waals surface area contributed by atoms with Gasteiger partial charge in [-0.15, -0.1) is 0 Å². The number of hydrogen-bond acceptors (Lipinski definition) is 5. The lowest BCUT2D eigenvalue weighted by Gasteiger charge is -2.16. The van der Waals surface area contributed by atoms with Gasteiger partial charge < -0.3 is 9.62 Å². The molecule has 4 rings (SSSR count). The molecule has 0 amide bonds. The number of hydrogen-bond donors (Lipinski definition) is 1. The standard InChI is InChI=1S/C23H22N2O2S/c26-25-19-15-9-1-2-10-16-20(19)28-23-24-21(17-11-5-3-6-12-17)22(27-23)18-13-7-4-8-14-18/h1-8,11-14,20,26H,9-10,15-16H2/b2-1-,25-19-. The number of rotatable bonds is 4. The quantitative estimate of drug-likeness (QED) is 0.317. The van der Waals surface area contributed by atoms with Crippen LogP contribution in [0, 0.1) is 0 Å². The summed E-state index contributed by atoms with van der Waals surface area (Å²) in [5.41, 5.74) is 3.66. The first-order valence-electron chi connectivity index (χ1n) is 9.49. The maximum absolute atomic E-state index is 9.47. The van der Waals surface area contributed by atoms with Crippen molar-refractivity contribution in [2.45, 2.75) is 36.2 Å². The van der Waals surface area contributed by atoms with Crippen molar-refractivity contribution in [2.24, 2.45) is 5.16 Å². The predicted molar refractivity (Wildman–Crippen MR) is 114 cm³/mol. The summed E-state index contributed by atoms with van der Waals surface area (Å²) >= 11 is 1.54. The first-order chi connectivity index (χ1) is 13.8. The number of allylic oxidation sites excluding steroid dienone is 2. The normalized spacial score (nSPS) is 19.9. The lowest BCUT2D eigenvalue weighted by molar-refractivity contribution is 0.316. The van der Waals surface area contributed by atoms with Crippen molar-refractivity contribution in [1.82, 2.24) is 4.98 Å². The zero-order valence-electron chi connectivity index (χ0n) is 15.5. The van der Waals surface area contributed by atoms with Gasteiger partial charge in [-0.2, -0.15) is 0 Å². The summed E-state index contributed by atoms with van der Waals surface area (Å²) in [5.74, 6) is 0.766. The van der Waals surface area contributed by atoms with Crippen LogP contribution in [0.15, 0.2) is 87.6 Å². The number of nitrogens with zero attached hydrogens (tertiary/aromatic N) is 2. The molecule has 1 aromatic heterocycles. The molecular weight excluding hydrogens is 368 g/mol. The van der Waals surface area contributed by atoms with Crippen molar-refractivity contribution >= 4 is 17.5 Å². The molecule has 0 saturated carbocycles. The van der Waals surface area contributed by atoms with Gasteiger partial charge in [0.05, 0.1) is 11.0 Å². The molecule has 1 heterocycles. The van der Waals surface area contributed by atoms with E-state index >= 15 is 0 Å². The van der Waals surface area contributed by atoms with Crippen molar-refractivity contribution in [2.75, 3.05) is 0 Å². The fourth-order valence-electron chi connectivity index (χ4n) is 3.33. The van der Waals surface area contributed by atoms with E-state index in [4.69, 9.17) is 9.40 Å². The van der Waals surface area contributed by atoms with Crippen molar-refractivity contribution < 1.29 is 9.62 Å². The highest BCUT2D eigenvalue weighted by Crippen LogP contribution is 2.38. The van der Waals surface area contributed by atoms with Gasteiger partial charge in [0.2, 0.25) is 0 Å². The van der Waals surface area contributed by atoms with Gasteiger partial charge in [-0.1, -0.05) is 89.7 Å². The highest BCUT2D eigenvalue weighted by atomic mass is 32.2. The Morgan fingerprint density at radius 2 is 1.61 bits per heavy atom. The van der Waals surface area contributed by atoms with Crippen LogP contribution in [0.5, 0.6) is 0 Å². The van der Waals surface area contributed by atoms with Crippen molar-refractivity contribution in [3.05, 3.63) is 72.8 Å². The third-order valence-corrected chi connectivity index (χ3v) is 5.93. The summed E-state index contributed by atoms with van der Waals surface area (Å²) < 4.78 is 6.22. The summed E-state index contributed by atoms with van der Waals surface area (Å²) in [4.78, 5) is 4.82. The minimum atomic E-state index is 0.0563. The third kappa shape index (κ3) is 4.20. The van der Waals surface area contributed by atoms with E-state index in [2.05, 4.69) is 17.3 Å². The Kier molecular flexibility index (Phi) is 5.92. The average Bonchev–Trinajstić information content (AvgIpc) is 3.16. The molecule has 28 heavy (non-hydrogen) atoms. The molecule has 3 aromatic rings. The topological polar surface area (TPSA) is 58.6 Å². The Morgan fingerprint density at radius 1 is 0.929 bits per heavy atom. The highest BCUT2D eigenvalue weighted by molar-refractivity contribution is 8.00. The van der Waals surface area contributed by atoms with E-state index in [-0.39, 0.29) is 5.25 Å². The van der Waals surface area contributed by atoms with Crippen LogP contribution in [-0.4, -0.2) is 21.2 Å². The van der Waals surface area contributed by atoms with E-state index in [0.29, 0.717) is 5.22 Å². The van der Waals surface area contributed by atoms with Gasteiger partial charge in [-0.3, -0.25) is 0 Å². The van der Waals surface area contributed by atoms with Gasteiger partial charge in [0, 0.05) is 11.1 Å². The second-order valence-electron chi connectivity index (χ2n) is 6.67. The van der Waals surface area contributed by atoms with E-state index in [1.165, 1.54) is 0 Å². The molecule has 1 aliphatic rings. The fraction of sp³-hybridized carbons (Fsp3) is 0.217. The number of aromatic nitrogens is 1. The smallest absolute Gasteiger partial charge is 0.257 e. The van der Waals surface area contributed by atoms with Crippen LogP contribution in [0.4, 0.5) is 0 Å². The molecule has 4 nitrogen and oxygen atoms in total. The molecule has 0 bridgehead atoms. The number of thioether (sulfide) groups is 1.